The summed E-state index contributed by atoms with van der Waals surface area (Å²) in [5.41, 5.74) is 0.818. The van der Waals surface area contributed by atoms with Crippen LogP contribution in [-0.4, -0.2) is 65.7 Å². The number of nitrogens with zero attached hydrogens (tertiary/aromatic N) is 4. The minimum atomic E-state index is -3.53. The van der Waals surface area contributed by atoms with Crippen LogP contribution in [0.3, 0.4) is 0 Å². The fourth-order valence-electron chi connectivity index (χ4n) is 3.10. The van der Waals surface area contributed by atoms with Crippen molar-refractivity contribution in [2.75, 3.05) is 31.9 Å². The van der Waals surface area contributed by atoms with Crippen LogP contribution in [0.15, 0.2) is 75.2 Å². The number of carbonyl (C=O) groups is 1. The highest BCUT2D eigenvalue weighted by Gasteiger charge is 2.30. The van der Waals surface area contributed by atoms with Crippen molar-refractivity contribution in [2.24, 2.45) is 0 Å². The number of thioether (sulfide) groups is 1. The lowest BCUT2D eigenvalue weighted by atomic mass is 10.2. The normalized spacial score (nSPS) is 15.3. The van der Waals surface area contributed by atoms with Gasteiger partial charge in [-0.05, 0) is 24.3 Å². The van der Waals surface area contributed by atoms with Crippen LogP contribution in [0.2, 0.25) is 0 Å². The van der Waals surface area contributed by atoms with Gasteiger partial charge in [0.15, 0.2) is 0 Å². The van der Waals surface area contributed by atoms with Gasteiger partial charge < -0.3 is 9.32 Å². The Balaban J connectivity index is 1.29. The van der Waals surface area contributed by atoms with Crippen molar-refractivity contribution in [3.63, 3.8) is 0 Å². The highest BCUT2D eigenvalue weighted by atomic mass is 32.2. The Morgan fingerprint density at radius 3 is 2.23 bits per heavy atom. The maximum atomic E-state index is 12.7. The molecule has 2 aromatic carbocycles. The summed E-state index contributed by atoms with van der Waals surface area (Å²) in [5.74, 6) is 0.475. The first-order chi connectivity index (χ1) is 14.5. The smallest absolute Gasteiger partial charge is 0.277 e. The molecule has 1 aromatic heterocycles. The van der Waals surface area contributed by atoms with Gasteiger partial charge in [-0.1, -0.05) is 48.2 Å². The zero-order valence-corrected chi connectivity index (χ0v) is 17.7. The molecule has 0 spiro atoms. The zero-order valence-electron chi connectivity index (χ0n) is 16.0. The maximum Gasteiger partial charge on any atom is 0.277 e. The van der Waals surface area contributed by atoms with Crippen molar-refractivity contribution < 1.29 is 17.6 Å². The summed E-state index contributed by atoms with van der Waals surface area (Å²) in [6.45, 7) is 1.24. The summed E-state index contributed by atoms with van der Waals surface area (Å²) in [7, 11) is -3.53. The molecule has 0 saturated carbocycles. The number of hydrogen-bond donors (Lipinski definition) is 0. The van der Waals surface area contributed by atoms with Crippen LogP contribution in [0.4, 0.5) is 0 Å². The third-order valence-electron chi connectivity index (χ3n) is 4.72. The van der Waals surface area contributed by atoms with E-state index in [1.165, 1.54) is 16.1 Å². The van der Waals surface area contributed by atoms with Gasteiger partial charge in [0.1, 0.15) is 0 Å². The predicted octanol–water partition coefficient (Wildman–Crippen LogP) is 2.36. The van der Waals surface area contributed by atoms with E-state index < -0.39 is 10.0 Å². The van der Waals surface area contributed by atoms with Crippen molar-refractivity contribution in [1.82, 2.24) is 19.4 Å². The predicted molar refractivity (Wildman–Crippen MR) is 112 cm³/mol. The molecule has 1 amide bonds. The molecule has 0 atom stereocenters. The lowest BCUT2D eigenvalue weighted by Crippen LogP contribution is -2.50. The highest BCUT2D eigenvalue weighted by Crippen LogP contribution is 2.23. The molecule has 0 aliphatic carbocycles. The van der Waals surface area contributed by atoms with Gasteiger partial charge in [-0.2, -0.15) is 4.31 Å². The van der Waals surface area contributed by atoms with Crippen LogP contribution in [0, 0.1) is 0 Å². The van der Waals surface area contributed by atoms with Crippen LogP contribution in [0.25, 0.3) is 11.5 Å². The first kappa shape index (κ1) is 20.6. The molecule has 8 nitrogen and oxygen atoms in total. The summed E-state index contributed by atoms with van der Waals surface area (Å²) in [6, 6.07) is 17.7. The van der Waals surface area contributed by atoms with Gasteiger partial charge >= 0.3 is 0 Å². The second kappa shape index (κ2) is 8.99. The Kier molecular flexibility index (Phi) is 6.16. The second-order valence-corrected chi connectivity index (χ2v) is 9.49. The van der Waals surface area contributed by atoms with Crippen molar-refractivity contribution in [3.8, 4) is 11.5 Å². The molecule has 1 aliphatic rings. The van der Waals surface area contributed by atoms with Gasteiger partial charge in [-0.15, -0.1) is 10.2 Å². The number of sulfonamides is 1. The van der Waals surface area contributed by atoms with E-state index in [4.69, 9.17) is 4.42 Å². The van der Waals surface area contributed by atoms with E-state index in [1.807, 2.05) is 30.3 Å². The van der Waals surface area contributed by atoms with Gasteiger partial charge in [0.05, 0.1) is 10.6 Å². The summed E-state index contributed by atoms with van der Waals surface area (Å²) in [6.07, 6.45) is 0. The van der Waals surface area contributed by atoms with Gasteiger partial charge in [0.25, 0.3) is 5.22 Å². The van der Waals surface area contributed by atoms with Gasteiger partial charge in [-0.3, -0.25) is 4.79 Å². The summed E-state index contributed by atoms with van der Waals surface area (Å²) in [4.78, 5) is 14.5. The van der Waals surface area contributed by atoms with Crippen molar-refractivity contribution in [2.45, 2.75) is 10.1 Å². The van der Waals surface area contributed by atoms with E-state index in [-0.39, 0.29) is 29.6 Å². The molecule has 0 radical (unpaired) electrons. The molecular formula is C20H20N4O4S2. The third kappa shape index (κ3) is 4.55. The summed E-state index contributed by atoms with van der Waals surface area (Å²) in [5, 5.41) is 8.31. The largest absolute Gasteiger partial charge is 0.411 e. The second-order valence-electron chi connectivity index (χ2n) is 6.63. The lowest BCUT2D eigenvalue weighted by Gasteiger charge is -2.33. The molecule has 0 bridgehead atoms. The van der Waals surface area contributed by atoms with Crippen LogP contribution in [0.1, 0.15) is 0 Å². The molecular weight excluding hydrogens is 424 g/mol. The first-order valence-electron chi connectivity index (χ1n) is 9.39. The number of hydrogen-bond acceptors (Lipinski definition) is 7. The Hall–Kier alpha value is -2.69. The Morgan fingerprint density at radius 1 is 0.933 bits per heavy atom. The number of piperazine rings is 1. The number of aromatic nitrogens is 2. The standard InChI is InChI=1S/C20H20N4O4S2/c25-18(15-29-20-22-21-19(28-20)16-7-3-1-4-8-16)23-11-13-24(14-12-23)30(26,27)17-9-5-2-6-10-17/h1-10H,11-15H2. The Labute approximate surface area is 178 Å². The zero-order chi connectivity index (χ0) is 21.0. The molecule has 1 aliphatic heterocycles. The number of carbonyl (C=O) groups excluding carboxylic acids is 1. The number of rotatable bonds is 6. The van der Waals surface area contributed by atoms with E-state index in [9.17, 15) is 13.2 Å². The molecule has 0 unspecified atom stereocenters. The van der Waals surface area contributed by atoms with Gasteiger partial charge in [0, 0.05) is 31.7 Å². The van der Waals surface area contributed by atoms with E-state index in [0.717, 1.165) is 5.56 Å². The van der Waals surface area contributed by atoms with Crippen molar-refractivity contribution >= 4 is 27.7 Å². The minimum Gasteiger partial charge on any atom is -0.411 e. The van der Waals surface area contributed by atoms with Crippen LogP contribution in [-0.2, 0) is 14.8 Å². The average Bonchev–Trinajstić information content (AvgIpc) is 3.28. The molecule has 4 rings (SSSR count). The fourth-order valence-corrected chi connectivity index (χ4v) is 5.21. The molecule has 2 heterocycles. The topological polar surface area (TPSA) is 96.6 Å². The van der Waals surface area contributed by atoms with E-state index in [0.29, 0.717) is 24.2 Å². The number of amides is 1. The Morgan fingerprint density at radius 2 is 1.57 bits per heavy atom. The van der Waals surface area contributed by atoms with Crippen molar-refractivity contribution in [1.29, 1.82) is 0 Å². The molecule has 1 fully saturated rings. The van der Waals surface area contributed by atoms with Gasteiger partial charge in [-0.25, -0.2) is 8.42 Å². The SMILES string of the molecule is O=C(CSc1nnc(-c2ccccc2)o1)N1CCN(S(=O)(=O)c2ccccc2)CC1. The van der Waals surface area contributed by atoms with Crippen molar-refractivity contribution in [3.05, 3.63) is 60.7 Å². The third-order valence-corrected chi connectivity index (χ3v) is 7.43. The minimum absolute atomic E-state index is 0.0868. The molecule has 10 heteroatoms. The van der Waals surface area contributed by atoms with E-state index in [1.54, 1.807) is 35.2 Å². The molecule has 3 aromatic rings. The molecule has 1 saturated heterocycles. The molecule has 0 N–H and O–H groups in total. The lowest BCUT2D eigenvalue weighted by molar-refractivity contribution is -0.129. The van der Waals surface area contributed by atoms with Gasteiger partial charge in [0.2, 0.25) is 21.8 Å². The fraction of sp³-hybridized carbons (Fsp3) is 0.250. The van der Waals surface area contributed by atoms with Crippen LogP contribution >= 0.6 is 11.8 Å². The summed E-state index contributed by atoms with van der Waals surface area (Å²) < 4.78 is 32.4. The quantitative estimate of drug-likeness (QED) is 0.539. The monoisotopic (exact) mass is 444 g/mol. The van der Waals surface area contributed by atoms with E-state index >= 15 is 0 Å². The number of benzene rings is 2. The Bertz CT molecular complexity index is 1100. The van der Waals surface area contributed by atoms with Crippen LogP contribution < -0.4 is 0 Å². The van der Waals surface area contributed by atoms with E-state index in [2.05, 4.69) is 10.2 Å². The molecule has 30 heavy (non-hydrogen) atoms. The highest BCUT2D eigenvalue weighted by molar-refractivity contribution is 7.99. The molecule has 156 valence electrons. The maximum absolute atomic E-state index is 12.7. The summed E-state index contributed by atoms with van der Waals surface area (Å²) >= 11 is 1.18. The van der Waals surface area contributed by atoms with Crippen LogP contribution in [0.5, 0.6) is 0 Å². The average molecular weight is 445 g/mol. The first-order valence-corrected chi connectivity index (χ1v) is 11.8.